The maximum Gasteiger partial charge on any atom is 0.197 e. The summed E-state index contributed by atoms with van der Waals surface area (Å²) >= 11 is 0. The first-order valence-corrected chi connectivity index (χ1v) is 4.61. The maximum absolute atomic E-state index is 13.2. The van der Waals surface area contributed by atoms with Gasteiger partial charge in [0, 0.05) is 0 Å². The van der Waals surface area contributed by atoms with Crippen LogP contribution in [0.15, 0.2) is 18.2 Å². The Morgan fingerprint density at radius 1 is 1.47 bits per heavy atom. The molecule has 1 unspecified atom stereocenters. The fourth-order valence-corrected chi connectivity index (χ4v) is 1.13. The van der Waals surface area contributed by atoms with E-state index in [2.05, 4.69) is 0 Å². The quantitative estimate of drug-likeness (QED) is 0.784. The van der Waals surface area contributed by atoms with Crippen molar-refractivity contribution in [3.8, 4) is 0 Å². The molecule has 1 aromatic rings. The minimum Gasteiger partial charge on any atom is -0.382 e. The molecule has 0 aliphatic carbocycles. The van der Waals surface area contributed by atoms with Crippen LogP contribution in [0.5, 0.6) is 0 Å². The molecule has 0 bridgehead atoms. The molecular weight excluding hydrogens is 202 g/mol. The molecule has 0 saturated heterocycles. The summed E-state index contributed by atoms with van der Waals surface area (Å²) in [5.74, 6) is -3.11. The normalized spacial score (nSPS) is 14.7. The van der Waals surface area contributed by atoms with Gasteiger partial charge in [-0.3, -0.25) is 4.79 Å². The predicted octanol–water partition coefficient (Wildman–Crippen LogP) is 2.31. The Bertz CT molecular complexity index is 386. The molecule has 2 nitrogen and oxygen atoms in total. The average Bonchev–Trinajstić information content (AvgIpc) is 2.21. The van der Waals surface area contributed by atoms with Gasteiger partial charge in [0.1, 0.15) is 5.60 Å². The van der Waals surface area contributed by atoms with Crippen molar-refractivity contribution in [2.45, 2.75) is 25.9 Å². The van der Waals surface area contributed by atoms with E-state index in [0.717, 1.165) is 12.1 Å². The lowest BCUT2D eigenvalue weighted by Gasteiger charge is -2.19. The molecule has 1 aromatic carbocycles. The molecule has 4 heteroatoms. The molecule has 0 spiro atoms. The minimum absolute atomic E-state index is 0.141. The lowest BCUT2D eigenvalue weighted by atomic mass is 9.92. The van der Waals surface area contributed by atoms with Gasteiger partial charge in [0.25, 0.3) is 0 Å². The third kappa shape index (κ3) is 2.21. The van der Waals surface area contributed by atoms with Gasteiger partial charge in [-0.05, 0) is 25.5 Å². The van der Waals surface area contributed by atoms with Crippen molar-refractivity contribution < 1.29 is 18.7 Å². The summed E-state index contributed by atoms with van der Waals surface area (Å²) in [4.78, 5) is 11.6. The molecule has 0 aliphatic heterocycles. The van der Waals surface area contributed by atoms with Crippen molar-refractivity contribution in [3.05, 3.63) is 35.4 Å². The number of aliphatic hydroxyl groups is 1. The number of hydrogen-bond acceptors (Lipinski definition) is 2. The van der Waals surface area contributed by atoms with Gasteiger partial charge in [0.15, 0.2) is 17.4 Å². The smallest absolute Gasteiger partial charge is 0.197 e. The van der Waals surface area contributed by atoms with Gasteiger partial charge in [-0.1, -0.05) is 13.0 Å². The molecule has 1 atom stereocenters. The molecule has 0 saturated carbocycles. The van der Waals surface area contributed by atoms with Crippen LogP contribution >= 0.6 is 0 Å². The van der Waals surface area contributed by atoms with Crippen LogP contribution in [-0.4, -0.2) is 16.5 Å². The van der Waals surface area contributed by atoms with Crippen LogP contribution in [0.2, 0.25) is 0 Å². The maximum atomic E-state index is 13.2. The van der Waals surface area contributed by atoms with Crippen LogP contribution in [0.3, 0.4) is 0 Å². The highest BCUT2D eigenvalue weighted by atomic mass is 19.2. The van der Waals surface area contributed by atoms with Crippen LogP contribution in [0.25, 0.3) is 0 Å². The summed E-state index contributed by atoms with van der Waals surface area (Å²) in [6, 6.07) is 3.31. The number of benzene rings is 1. The number of halogens is 2. The molecule has 1 N–H and O–H groups in total. The first kappa shape index (κ1) is 11.8. The first-order chi connectivity index (χ1) is 6.90. The van der Waals surface area contributed by atoms with Crippen LogP contribution in [0.1, 0.15) is 30.6 Å². The fraction of sp³-hybridized carbons (Fsp3) is 0.364. The van der Waals surface area contributed by atoms with Gasteiger partial charge in [-0.15, -0.1) is 0 Å². The Kier molecular flexibility index (Phi) is 3.19. The van der Waals surface area contributed by atoms with E-state index in [4.69, 9.17) is 0 Å². The van der Waals surface area contributed by atoms with Crippen molar-refractivity contribution in [1.29, 1.82) is 0 Å². The summed E-state index contributed by atoms with van der Waals surface area (Å²) < 4.78 is 26.0. The van der Waals surface area contributed by atoms with Gasteiger partial charge >= 0.3 is 0 Å². The first-order valence-electron chi connectivity index (χ1n) is 4.61. The average molecular weight is 214 g/mol. The number of carbonyl (C=O) groups is 1. The van der Waals surface area contributed by atoms with Crippen LogP contribution in [0.4, 0.5) is 8.78 Å². The number of Topliss-reactive ketones (excluding diaryl/α,β-unsaturated/α-hetero) is 1. The monoisotopic (exact) mass is 214 g/mol. The molecule has 0 aliphatic rings. The number of rotatable bonds is 3. The Labute approximate surface area is 86.5 Å². The second kappa shape index (κ2) is 4.06. The van der Waals surface area contributed by atoms with Gasteiger partial charge in [0.2, 0.25) is 0 Å². The SMILES string of the molecule is CCC(C)(O)C(=O)c1cccc(F)c1F. The largest absolute Gasteiger partial charge is 0.382 e. The zero-order chi connectivity index (χ0) is 11.6. The van der Waals surface area contributed by atoms with Crippen LogP contribution in [0, 0.1) is 11.6 Å². The van der Waals surface area contributed by atoms with Crippen molar-refractivity contribution in [1.82, 2.24) is 0 Å². The number of carbonyl (C=O) groups excluding carboxylic acids is 1. The van der Waals surface area contributed by atoms with Gasteiger partial charge < -0.3 is 5.11 Å². The number of hydrogen-bond donors (Lipinski definition) is 1. The second-order valence-electron chi connectivity index (χ2n) is 3.56. The Morgan fingerprint density at radius 2 is 2.07 bits per heavy atom. The zero-order valence-corrected chi connectivity index (χ0v) is 8.55. The number of ketones is 1. The summed E-state index contributed by atoms with van der Waals surface area (Å²) in [6.07, 6.45) is 0.141. The Morgan fingerprint density at radius 3 is 2.60 bits per heavy atom. The molecule has 82 valence electrons. The van der Waals surface area contributed by atoms with E-state index in [1.807, 2.05) is 0 Å². The Balaban J connectivity index is 3.18. The van der Waals surface area contributed by atoms with E-state index >= 15 is 0 Å². The van der Waals surface area contributed by atoms with Crippen molar-refractivity contribution >= 4 is 5.78 Å². The summed E-state index contributed by atoms with van der Waals surface area (Å²) in [5.41, 5.74) is -2.07. The molecule has 0 heterocycles. The van der Waals surface area contributed by atoms with Crippen molar-refractivity contribution in [3.63, 3.8) is 0 Å². The van der Waals surface area contributed by atoms with E-state index in [9.17, 15) is 18.7 Å². The standard InChI is InChI=1S/C11H12F2O2/c1-3-11(2,15)10(14)7-5-4-6-8(12)9(7)13/h4-6,15H,3H2,1-2H3. The van der Waals surface area contributed by atoms with E-state index < -0.39 is 28.6 Å². The molecule has 1 rings (SSSR count). The highest BCUT2D eigenvalue weighted by molar-refractivity contribution is 6.02. The zero-order valence-electron chi connectivity index (χ0n) is 8.55. The lowest BCUT2D eigenvalue weighted by Crippen LogP contribution is -2.34. The van der Waals surface area contributed by atoms with Gasteiger partial charge in [-0.25, -0.2) is 8.78 Å². The summed E-state index contributed by atoms with van der Waals surface area (Å²) in [6.45, 7) is 2.87. The molecule has 0 radical (unpaired) electrons. The van der Waals surface area contributed by atoms with Crippen molar-refractivity contribution in [2.24, 2.45) is 0 Å². The fourth-order valence-electron chi connectivity index (χ4n) is 1.13. The predicted molar refractivity (Wildman–Crippen MR) is 51.6 cm³/mol. The topological polar surface area (TPSA) is 37.3 Å². The van der Waals surface area contributed by atoms with Gasteiger partial charge in [0.05, 0.1) is 5.56 Å². The Hall–Kier alpha value is -1.29. The van der Waals surface area contributed by atoms with E-state index in [-0.39, 0.29) is 6.42 Å². The van der Waals surface area contributed by atoms with E-state index in [1.165, 1.54) is 13.0 Å². The minimum atomic E-state index is -1.66. The molecular formula is C11H12F2O2. The lowest BCUT2D eigenvalue weighted by molar-refractivity contribution is 0.0385. The van der Waals surface area contributed by atoms with E-state index in [1.54, 1.807) is 6.92 Å². The molecule has 0 fully saturated rings. The molecule has 15 heavy (non-hydrogen) atoms. The van der Waals surface area contributed by atoms with Crippen LogP contribution in [-0.2, 0) is 0 Å². The molecule has 0 amide bonds. The second-order valence-corrected chi connectivity index (χ2v) is 3.56. The summed E-state index contributed by atoms with van der Waals surface area (Å²) in [7, 11) is 0. The van der Waals surface area contributed by atoms with Crippen LogP contribution < -0.4 is 0 Å². The van der Waals surface area contributed by atoms with E-state index in [0.29, 0.717) is 0 Å². The summed E-state index contributed by atoms with van der Waals surface area (Å²) in [5, 5.41) is 9.62. The third-order valence-corrected chi connectivity index (χ3v) is 2.37. The highest BCUT2D eigenvalue weighted by Crippen LogP contribution is 2.20. The highest BCUT2D eigenvalue weighted by Gasteiger charge is 2.31. The van der Waals surface area contributed by atoms with Gasteiger partial charge in [-0.2, -0.15) is 0 Å². The van der Waals surface area contributed by atoms with Crippen molar-refractivity contribution in [2.75, 3.05) is 0 Å². The third-order valence-electron chi connectivity index (χ3n) is 2.37. The molecule has 0 aromatic heterocycles.